The highest BCUT2D eigenvalue weighted by Crippen LogP contribution is 2.19. The van der Waals surface area contributed by atoms with E-state index in [1.54, 1.807) is 22.5 Å². The molecule has 0 atom stereocenters. The number of pyridine rings is 1. The highest BCUT2D eigenvalue weighted by molar-refractivity contribution is 6.01. The minimum Gasteiger partial charge on any atom is -0.329 e. The Labute approximate surface area is 135 Å². The summed E-state index contributed by atoms with van der Waals surface area (Å²) in [5.74, 6) is 0.203. The third kappa shape index (κ3) is 2.05. The number of aryl methyl sites for hydroxylation is 1. The van der Waals surface area contributed by atoms with E-state index in [4.69, 9.17) is 0 Å². The van der Waals surface area contributed by atoms with Gasteiger partial charge in [0.1, 0.15) is 0 Å². The van der Waals surface area contributed by atoms with Crippen LogP contribution >= 0.6 is 0 Å². The second-order valence-corrected chi connectivity index (χ2v) is 5.64. The lowest BCUT2D eigenvalue weighted by Crippen LogP contribution is -2.47. The number of aromatic nitrogens is 5. The van der Waals surface area contributed by atoms with Crippen LogP contribution in [0.15, 0.2) is 34.0 Å². The Balaban J connectivity index is 1.73. The van der Waals surface area contributed by atoms with Crippen LogP contribution in [-0.4, -0.2) is 41.7 Å². The van der Waals surface area contributed by atoms with E-state index in [9.17, 15) is 14.4 Å². The lowest BCUT2D eigenvalue weighted by molar-refractivity contribution is 0.0703. The molecule has 0 saturated heterocycles. The van der Waals surface area contributed by atoms with Crippen LogP contribution in [0.4, 0.5) is 0 Å². The minimum atomic E-state index is -0.753. The first-order valence-electron chi connectivity index (χ1n) is 7.48. The third-order valence-corrected chi connectivity index (χ3v) is 4.18. The zero-order chi connectivity index (χ0) is 16.8. The molecule has 9 heteroatoms. The quantitative estimate of drug-likeness (QED) is 0.609. The summed E-state index contributed by atoms with van der Waals surface area (Å²) in [6.45, 7) is 2.53. The van der Waals surface area contributed by atoms with E-state index < -0.39 is 11.1 Å². The average Bonchev–Trinajstić information content (AvgIpc) is 2.93. The Hall–Kier alpha value is -3.23. The van der Waals surface area contributed by atoms with Crippen molar-refractivity contribution in [3.8, 4) is 0 Å². The van der Waals surface area contributed by atoms with Crippen molar-refractivity contribution in [2.75, 3.05) is 6.54 Å². The lowest BCUT2D eigenvalue weighted by Gasteiger charge is -2.28. The molecule has 0 bridgehead atoms. The molecule has 0 unspecified atom stereocenters. The van der Waals surface area contributed by atoms with Gasteiger partial charge in [-0.15, -0.1) is 0 Å². The van der Waals surface area contributed by atoms with E-state index >= 15 is 0 Å². The molecule has 1 aliphatic rings. The molecule has 0 aliphatic carbocycles. The summed E-state index contributed by atoms with van der Waals surface area (Å²) in [5.41, 5.74) is 0.521. The van der Waals surface area contributed by atoms with Crippen molar-refractivity contribution in [3.05, 3.63) is 62.2 Å². The van der Waals surface area contributed by atoms with Crippen molar-refractivity contribution < 1.29 is 4.79 Å². The number of rotatable bonds is 1. The number of fused-ring (bicyclic) bond motifs is 2. The molecule has 9 nitrogen and oxygen atoms in total. The standard InChI is InChI=1S/C15H14N6O3/c1-9-12(10-4-2-3-5-21(10)18-9)14(23)19-6-7-20-11(8-19)16-17-13(22)15(20)24/h2-5H,6-8H2,1H3,(H,17,22). The maximum absolute atomic E-state index is 12.9. The van der Waals surface area contributed by atoms with Gasteiger partial charge < -0.3 is 4.90 Å². The van der Waals surface area contributed by atoms with E-state index in [1.165, 1.54) is 4.57 Å². The molecule has 0 saturated carbocycles. The van der Waals surface area contributed by atoms with Crippen LogP contribution in [0.1, 0.15) is 21.9 Å². The van der Waals surface area contributed by atoms with Crippen molar-refractivity contribution in [2.45, 2.75) is 20.0 Å². The summed E-state index contributed by atoms with van der Waals surface area (Å²) in [4.78, 5) is 37.7. The molecule has 4 heterocycles. The largest absolute Gasteiger partial charge is 0.330 e. The molecule has 0 spiro atoms. The van der Waals surface area contributed by atoms with E-state index in [0.717, 1.165) is 5.52 Å². The number of hydrogen-bond acceptors (Lipinski definition) is 5. The smallest absolute Gasteiger partial charge is 0.329 e. The van der Waals surface area contributed by atoms with Crippen molar-refractivity contribution >= 4 is 11.4 Å². The van der Waals surface area contributed by atoms with Gasteiger partial charge in [0.25, 0.3) is 5.91 Å². The Bertz CT molecular complexity index is 1080. The van der Waals surface area contributed by atoms with Crippen molar-refractivity contribution in [2.24, 2.45) is 0 Å². The molecular formula is C15H14N6O3. The van der Waals surface area contributed by atoms with E-state index in [-0.39, 0.29) is 19.0 Å². The SMILES string of the molecule is Cc1nn2ccccc2c1C(=O)N1CCn2c(n[nH]c(=O)c2=O)C1. The van der Waals surface area contributed by atoms with Gasteiger partial charge in [-0.1, -0.05) is 6.07 Å². The number of amides is 1. The second-order valence-electron chi connectivity index (χ2n) is 5.64. The highest BCUT2D eigenvalue weighted by Gasteiger charge is 2.27. The lowest BCUT2D eigenvalue weighted by atomic mass is 10.1. The fourth-order valence-corrected chi connectivity index (χ4v) is 3.00. The van der Waals surface area contributed by atoms with Crippen molar-refractivity contribution in [1.29, 1.82) is 0 Å². The summed E-state index contributed by atoms with van der Waals surface area (Å²) in [7, 11) is 0. The molecule has 3 aromatic heterocycles. The molecular weight excluding hydrogens is 312 g/mol. The Morgan fingerprint density at radius 2 is 2.08 bits per heavy atom. The van der Waals surface area contributed by atoms with Crippen LogP contribution in [0.25, 0.3) is 5.52 Å². The van der Waals surface area contributed by atoms with Crippen LogP contribution in [0.5, 0.6) is 0 Å². The maximum Gasteiger partial charge on any atom is 0.330 e. The summed E-state index contributed by atoms with van der Waals surface area (Å²) in [5, 5.41) is 10.4. The molecule has 0 fully saturated rings. The molecule has 1 amide bonds. The van der Waals surface area contributed by atoms with Gasteiger partial charge in [-0.2, -0.15) is 10.2 Å². The average molecular weight is 326 g/mol. The van der Waals surface area contributed by atoms with Gasteiger partial charge in [0, 0.05) is 19.3 Å². The van der Waals surface area contributed by atoms with Crippen LogP contribution in [0.2, 0.25) is 0 Å². The maximum atomic E-state index is 12.9. The first-order valence-corrected chi connectivity index (χ1v) is 7.48. The fraction of sp³-hybridized carbons (Fsp3) is 0.267. The Kier molecular flexibility index (Phi) is 3.08. The fourth-order valence-electron chi connectivity index (χ4n) is 3.00. The monoisotopic (exact) mass is 326 g/mol. The van der Waals surface area contributed by atoms with Crippen LogP contribution < -0.4 is 11.1 Å². The molecule has 1 N–H and O–H groups in total. The zero-order valence-corrected chi connectivity index (χ0v) is 12.9. The Morgan fingerprint density at radius 1 is 1.25 bits per heavy atom. The van der Waals surface area contributed by atoms with E-state index in [1.807, 2.05) is 18.2 Å². The summed E-state index contributed by atoms with van der Waals surface area (Å²) < 4.78 is 2.98. The molecule has 24 heavy (non-hydrogen) atoms. The number of H-pyrrole nitrogens is 1. The van der Waals surface area contributed by atoms with Gasteiger partial charge in [-0.3, -0.25) is 19.0 Å². The van der Waals surface area contributed by atoms with Crippen LogP contribution in [0.3, 0.4) is 0 Å². The van der Waals surface area contributed by atoms with Crippen molar-refractivity contribution in [1.82, 2.24) is 29.3 Å². The van der Waals surface area contributed by atoms with Gasteiger partial charge in [0.05, 0.1) is 23.3 Å². The van der Waals surface area contributed by atoms with Gasteiger partial charge in [-0.05, 0) is 19.1 Å². The second kappa shape index (κ2) is 5.15. The molecule has 3 aromatic rings. The van der Waals surface area contributed by atoms with E-state index in [0.29, 0.717) is 23.6 Å². The summed E-state index contributed by atoms with van der Waals surface area (Å²) >= 11 is 0. The highest BCUT2D eigenvalue weighted by atomic mass is 16.2. The third-order valence-electron chi connectivity index (χ3n) is 4.18. The number of nitrogens with one attached hydrogen (secondary N) is 1. The van der Waals surface area contributed by atoms with Gasteiger partial charge >= 0.3 is 11.1 Å². The van der Waals surface area contributed by atoms with Crippen molar-refractivity contribution in [3.63, 3.8) is 0 Å². The number of carbonyl (C=O) groups excluding carboxylic acids is 1. The minimum absolute atomic E-state index is 0.161. The number of aromatic amines is 1. The number of nitrogens with zero attached hydrogens (tertiary/aromatic N) is 5. The summed E-state index contributed by atoms with van der Waals surface area (Å²) in [6, 6.07) is 5.54. The summed E-state index contributed by atoms with van der Waals surface area (Å²) in [6.07, 6.45) is 1.79. The predicted octanol–water partition coefficient (Wildman–Crippen LogP) is -0.456. The zero-order valence-electron chi connectivity index (χ0n) is 12.9. The normalized spacial score (nSPS) is 14.0. The van der Waals surface area contributed by atoms with Gasteiger partial charge in [0.2, 0.25) is 0 Å². The molecule has 122 valence electrons. The predicted molar refractivity (Wildman–Crippen MR) is 83.8 cm³/mol. The molecule has 4 rings (SSSR count). The molecule has 0 aromatic carbocycles. The number of hydrogen-bond donors (Lipinski definition) is 1. The van der Waals surface area contributed by atoms with Crippen LogP contribution in [0, 0.1) is 6.92 Å². The first-order chi connectivity index (χ1) is 11.6. The van der Waals surface area contributed by atoms with Gasteiger partial charge in [-0.25, -0.2) is 9.61 Å². The van der Waals surface area contributed by atoms with Crippen LogP contribution in [-0.2, 0) is 13.1 Å². The van der Waals surface area contributed by atoms with E-state index in [2.05, 4.69) is 15.3 Å². The Morgan fingerprint density at radius 3 is 2.92 bits per heavy atom. The first kappa shape index (κ1) is 14.4. The topological polar surface area (TPSA) is 105 Å². The van der Waals surface area contributed by atoms with Gasteiger partial charge in [0.15, 0.2) is 5.82 Å². The molecule has 1 aliphatic heterocycles. The molecule has 0 radical (unpaired) electrons. The number of carbonyl (C=O) groups is 1.